The molecule has 1 heterocycles. The van der Waals surface area contributed by atoms with Crippen LogP contribution in [-0.2, 0) is 11.8 Å². The molecule has 2 bridgehead atoms. The van der Waals surface area contributed by atoms with Gasteiger partial charge in [-0.05, 0) is 92.2 Å². The molecule has 0 amide bonds. The van der Waals surface area contributed by atoms with Crippen LogP contribution in [0, 0.1) is 5.92 Å². The Labute approximate surface area is 202 Å². The Hall–Kier alpha value is -2.31. The van der Waals surface area contributed by atoms with Gasteiger partial charge in [-0.2, -0.15) is 0 Å². The summed E-state index contributed by atoms with van der Waals surface area (Å²) in [5.74, 6) is 1.04. The molecule has 5 N–H and O–H groups in total. The zero-order chi connectivity index (χ0) is 22.8. The number of aromatic hydroxyl groups is 1. The Morgan fingerprint density at radius 2 is 2.00 bits per heavy atom. The number of nitrogens with one attached hydrogen (secondary N) is 4. The van der Waals surface area contributed by atoms with E-state index in [2.05, 4.69) is 40.3 Å². The maximum atomic E-state index is 11.1. The van der Waals surface area contributed by atoms with Crippen LogP contribution in [0.25, 0.3) is 0 Å². The number of anilines is 3. The number of hydrogen-bond acceptors (Lipinski definition) is 4. The molecule has 1 aliphatic heterocycles. The summed E-state index contributed by atoms with van der Waals surface area (Å²) in [6.07, 6.45) is 9.64. The second kappa shape index (κ2) is 9.51. The molecule has 1 saturated carbocycles. The predicted octanol–water partition coefficient (Wildman–Crippen LogP) is 5.57. The average Bonchev–Trinajstić information content (AvgIpc) is 2.82. The van der Waals surface area contributed by atoms with Crippen molar-refractivity contribution in [2.24, 2.45) is 5.92 Å². The monoisotopic (exact) mass is 464 g/mol. The second-order valence-electron chi connectivity index (χ2n) is 9.95. The number of para-hydroxylation sites is 2. The van der Waals surface area contributed by atoms with Crippen LogP contribution in [0.4, 0.5) is 17.1 Å². The number of phenolic OH excluding ortho intramolecular Hbond substituents is 1. The number of fused-ring (bicyclic) bond motifs is 1. The molecule has 33 heavy (non-hydrogen) atoms. The van der Waals surface area contributed by atoms with Crippen molar-refractivity contribution in [1.29, 1.82) is 0 Å². The molecule has 0 spiro atoms. The third kappa shape index (κ3) is 4.31. The first-order chi connectivity index (χ1) is 16.1. The molecule has 176 valence electrons. The van der Waals surface area contributed by atoms with Crippen LogP contribution in [-0.4, -0.2) is 29.4 Å². The largest absolute Gasteiger partial charge is 0.506 e. The van der Waals surface area contributed by atoms with Gasteiger partial charge >= 0.3 is 0 Å². The Kier molecular flexibility index (Phi) is 6.48. The van der Waals surface area contributed by atoms with Gasteiger partial charge in [0, 0.05) is 18.0 Å². The zero-order valence-electron chi connectivity index (χ0n) is 19.5. The summed E-state index contributed by atoms with van der Waals surface area (Å²) in [5, 5.41) is 25.6. The van der Waals surface area contributed by atoms with Gasteiger partial charge in [-0.1, -0.05) is 38.3 Å². The fraction of sp³-hybridized carbons (Fsp3) is 0.519. The molecule has 3 aliphatic rings. The van der Waals surface area contributed by atoms with Gasteiger partial charge in [-0.3, -0.25) is 0 Å². The summed E-state index contributed by atoms with van der Waals surface area (Å²) in [6.45, 7) is 4.12. The van der Waals surface area contributed by atoms with Gasteiger partial charge in [-0.25, -0.2) is 0 Å². The predicted molar refractivity (Wildman–Crippen MR) is 141 cm³/mol. The highest BCUT2D eigenvalue weighted by atomic mass is 32.1. The maximum absolute atomic E-state index is 11.1. The van der Waals surface area contributed by atoms with E-state index in [9.17, 15) is 5.11 Å². The molecule has 5 nitrogen and oxygen atoms in total. The lowest BCUT2D eigenvalue weighted by atomic mass is 9.53. The van der Waals surface area contributed by atoms with Gasteiger partial charge < -0.3 is 26.4 Å². The molecular formula is C27H36N4OS. The van der Waals surface area contributed by atoms with Crippen LogP contribution in [0.15, 0.2) is 36.4 Å². The van der Waals surface area contributed by atoms with Crippen molar-refractivity contribution < 1.29 is 5.11 Å². The molecule has 1 saturated heterocycles. The summed E-state index contributed by atoms with van der Waals surface area (Å²) in [7, 11) is 0. The standard InChI is InChI=1S/C27H36N4OS/c1-2-3-13-29-26(33)31-22-10-5-4-9-21(22)30-24-16-18-15-23-19-8-6-7-11-27(19,12-14-28-23)20(18)17-25(24)32/h4-5,9-10,16-17,19,23,28,30,32H,2-3,6-8,11-15H2,1H3,(H2,29,31,33)/t19-,23+,27+/m0/s1. The van der Waals surface area contributed by atoms with Crippen LogP contribution in [0.3, 0.4) is 0 Å². The molecule has 3 atom stereocenters. The highest BCUT2D eigenvalue weighted by molar-refractivity contribution is 7.80. The van der Waals surface area contributed by atoms with Crippen molar-refractivity contribution in [3.8, 4) is 5.75 Å². The van der Waals surface area contributed by atoms with Crippen molar-refractivity contribution in [1.82, 2.24) is 10.6 Å². The summed E-state index contributed by atoms with van der Waals surface area (Å²) < 4.78 is 0. The van der Waals surface area contributed by atoms with Crippen LogP contribution in [0.2, 0.25) is 0 Å². The summed E-state index contributed by atoms with van der Waals surface area (Å²) in [4.78, 5) is 0. The Morgan fingerprint density at radius 1 is 1.15 bits per heavy atom. The molecule has 0 unspecified atom stereocenters. The van der Waals surface area contributed by atoms with Crippen molar-refractivity contribution in [2.45, 2.75) is 69.7 Å². The van der Waals surface area contributed by atoms with Crippen LogP contribution in [0.1, 0.15) is 63.0 Å². The van der Waals surface area contributed by atoms with Gasteiger partial charge in [0.1, 0.15) is 5.75 Å². The van der Waals surface area contributed by atoms with Crippen LogP contribution in [0.5, 0.6) is 5.75 Å². The summed E-state index contributed by atoms with van der Waals surface area (Å²) in [6, 6.07) is 12.8. The van der Waals surface area contributed by atoms with Gasteiger partial charge in [0.05, 0.1) is 17.1 Å². The quantitative estimate of drug-likeness (QED) is 0.219. The zero-order valence-corrected chi connectivity index (χ0v) is 20.4. The molecule has 2 aromatic rings. The van der Waals surface area contributed by atoms with Crippen molar-refractivity contribution in [3.05, 3.63) is 47.5 Å². The average molecular weight is 465 g/mol. The lowest BCUT2D eigenvalue weighted by Gasteiger charge is -2.56. The van der Waals surface area contributed by atoms with E-state index in [1.807, 2.05) is 24.3 Å². The lowest BCUT2D eigenvalue weighted by molar-refractivity contribution is 0.0796. The Morgan fingerprint density at radius 3 is 2.85 bits per heavy atom. The smallest absolute Gasteiger partial charge is 0.170 e. The number of benzene rings is 2. The third-order valence-electron chi connectivity index (χ3n) is 8.02. The van der Waals surface area contributed by atoms with Gasteiger partial charge in [0.2, 0.25) is 0 Å². The first kappa shape index (κ1) is 22.5. The first-order valence-electron chi connectivity index (χ1n) is 12.6. The SMILES string of the molecule is CCCCNC(=S)Nc1ccccc1Nc1cc2c(cc1O)[C@@]13CCCC[C@H]1[C@@H](C2)NCC3. The number of rotatable bonds is 6. The molecule has 2 fully saturated rings. The van der Waals surface area contributed by atoms with E-state index in [0.717, 1.165) is 49.4 Å². The van der Waals surface area contributed by atoms with Crippen molar-refractivity contribution in [3.63, 3.8) is 0 Å². The minimum absolute atomic E-state index is 0.244. The molecule has 5 rings (SSSR count). The molecule has 0 radical (unpaired) electrons. The van der Waals surface area contributed by atoms with E-state index in [0.29, 0.717) is 22.8 Å². The summed E-state index contributed by atoms with van der Waals surface area (Å²) >= 11 is 5.47. The summed E-state index contributed by atoms with van der Waals surface area (Å²) in [5.41, 5.74) is 5.58. The molecule has 6 heteroatoms. The lowest BCUT2D eigenvalue weighted by Crippen LogP contribution is -2.59. The van der Waals surface area contributed by atoms with E-state index in [1.54, 1.807) is 0 Å². The van der Waals surface area contributed by atoms with Gasteiger partial charge in [-0.15, -0.1) is 0 Å². The van der Waals surface area contributed by atoms with E-state index in [-0.39, 0.29) is 5.41 Å². The fourth-order valence-electron chi connectivity index (χ4n) is 6.46. The van der Waals surface area contributed by atoms with Crippen molar-refractivity contribution in [2.75, 3.05) is 23.7 Å². The molecular weight excluding hydrogens is 428 g/mol. The topological polar surface area (TPSA) is 68.3 Å². The van der Waals surface area contributed by atoms with Gasteiger partial charge in [0.15, 0.2) is 5.11 Å². The fourth-order valence-corrected chi connectivity index (χ4v) is 6.68. The number of phenols is 1. The van der Waals surface area contributed by atoms with E-state index < -0.39 is 0 Å². The normalized spacial score (nSPS) is 25.5. The second-order valence-corrected chi connectivity index (χ2v) is 10.4. The minimum Gasteiger partial charge on any atom is -0.506 e. The van der Waals surface area contributed by atoms with Crippen LogP contribution >= 0.6 is 12.2 Å². The number of hydrogen-bond donors (Lipinski definition) is 5. The highest BCUT2D eigenvalue weighted by Gasteiger charge is 2.51. The molecule has 2 aliphatic carbocycles. The van der Waals surface area contributed by atoms with Crippen molar-refractivity contribution >= 4 is 34.4 Å². The Bertz CT molecular complexity index is 1020. The number of thiocarbonyl (C=S) groups is 1. The Balaban J connectivity index is 1.41. The molecule has 0 aromatic heterocycles. The number of piperidine rings is 1. The first-order valence-corrected chi connectivity index (χ1v) is 13.0. The van der Waals surface area contributed by atoms with E-state index in [1.165, 1.54) is 43.2 Å². The van der Waals surface area contributed by atoms with E-state index >= 15 is 0 Å². The minimum atomic E-state index is 0.244. The molecule has 2 aromatic carbocycles. The highest BCUT2D eigenvalue weighted by Crippen LogP contribution is 2.55. The van der Waals surface area contributed by atoms with Crippen LogP contribution < -0.4 is 21.3 Å². The maximum Gasteiger partial charge on any atom is 0.170 e. The van der Waals surface area contributed by atoms with Gasteiger partial charge in [0.25, 0.3) is 0 Å². The number of unbranched alkanes of at least 4 members (excludes halogenated alkanes) is 1. The third-order valence-corrected chi connectivity index (χ3v) is 8.27. The van der Waals surface area contributed by atoms with E-state index in [4.69, 9.17) is 12.2 Å².